The van der Waals surface area contributed by atoms with Crippen LogP contribution < -0.4 is 14.4 Å². The van der Waals surface area contributed by atoms with Gasteiger partial charge in [-0.15, -0.1) is 0 Å². The zero-order valence-corrected chi connectivity index (χ0v) is 16.0. The van der Waals surface area contributed by atoms with E-state index in [1.165, 1.54) is 24.1 Å². The topological polar surface area (TPSA) is 68.3 Å². The van der Waals surface area contributed by atoms with Gasteiger partial charge in [0.2, 0.25) is 0 Å². The molecule has 2 heterocycles. The van der Waals surface area contributed by atoms with Crippen LogP contribution in [-0.2, 0) is 9.53 Å². The molecule has 2 aliphatic heterocycles. The van der Waals surface area contributed by atoms with Gasteiger partial charge in [-0.2, -0.15) is 0 Å². The highest BCUT2D eigenvalue weighted by molar-refractivity contribution is 6.08. The summed E-state index contributed by atoms with van der Waals surface area (Å²) in [6.07, 6.45) is -0.867. The molecule has 2 aliphatic rings. The number of para-hydroxylation sites is 2. The summed E-state index contributed by atoms with van der Waals surface area (Å²) in [4.78, 5) is 29.2. The predicted molar refractivity (Wildman–Crippen MR) is 103 cm³/mol. The third-order valence-corrected chi connectivity index (χ3v) is 5.02. The summed E-state index contributed by atoms with van der Waals surface area (Å²) in [7, 11) is 1.43. The fraction of sp³-hybridized carbons (Fsp3) is 0.333. The molecule has 0 spiro atoms. The summed E-state index contributed by atoms with van der Waals surface area (Å²) in [5.74, 6) is -0.708. The van der Waals surface area contributed by atoms with Gasteiger partial charge in [-0.3, -0.25) is 9.59 Å². The summed E-state index contributed by atoms with van der Waals surface area (Å²) in [5, 5.41) is 0. The molecule has 0 aliphatic carbocycles. The van der Waals surface area contributed by atoms with Crippen LogP contribution in [0.2, 0.25) is 0 Å². The number of fused-ring (bicyclic) bond motifs is 1. The molecule has 7 nitrogen and oxygen atoms in total. The molecule has 1 unspecified atom stereocenters. The highest BCUT2D eigenvalue weighted by atomic mass is 19.1. The van der Waals surface area contributed by atoms with Crippen LogP contribution in [0.4, 0.5) is 10.1 Å². The first kappa shape index (κ1) is 19.2. The number of hydrogen-bond acceptors (Lipinski definition) is 5. The molecule has 2 amide bonds. The molecule has 1 saturated heterocycles. The summed E-state index contributed by atoms with van der Waals surface area (Å²) >= 11 is 0. The Kier molecular flexibility index (Phi) is 5.35. The van der Waals surface area contributed by atoms with E-state index in [1.54, 1.807) is 29.2 Å². The van der Waals surface area contributed by atoms with E-state index in [2.05, 4.69) is 0 Å². The smallest absolute Gasteiger partial charge is 0.265 e. The van der Waals surface area contributed by atoms with Crippen LogP contribution in [0.5, 0.6) is 11.5 Å². The number of methoxy groups -OCH3 is 1. The Hall–Kier alpha value is -3.13. The number of carbonyl (C=O) groups is 2. The SMILES string of the molecule is COc1ccc(C(=O)N2CC(C(=O)N3CCOCC3)Oc3ccccc32)c(F)c1. The zero-order chi connectivity index (χ0) is 20.4. The minimum Gasteiger partial charge on any atom is -0.497 e. The number of nitrogens with zero attached hydrogens (tertiary/aromatic N) is 2. The number of hydrogen-bond donors (Lipinski definition) is 0. The normalized spacial score (nSPS) is 18.6. The van der Waals surface area contributed by atoms with Crippen molar-refractivity contribution in [1.29, 1.82) is 0 Å². The quantitative estimate of drug-likeness (QED) is 0.789. The van der Waals surface area contributed by atoms with Crippen molar-refractivity contribution < 1.29 is 28.2 Å². The fourth-order valence-corrected chi connectivity index (χ4v) is 3.48. The maximum absolute atomic E-state index is 14.5. The number of carbonyl (C=O) groups excluding carboxylic acids is 2. The van der Waals surface area contributed by atoms with Gasteiger partial charge < -0.3 is 24.0 Å². The van der Waals surface area contributed by atoms with Crippen molar-refractivity contribution in [2.75, 3.05) is 44.9 Å². The Labute approximate surface area is 167 Å². The van der Waals surface area contributed by atoms with Crippen LogP contribution in [0.1, 0.15) is 10.4 Å². The van der Waals surface area contributed by atoms with Gasteiger partial charge in [0.05, 0.1) is 38.1 Å². The van der Waals surface area contributed by atoms with Gasteiger partial charge in [0.1, 0.15) is 17.3 Å². The van der Waals surface area contributed by atoms with Gasteiger partial charge in [-0.25, -0.2) is 4.39 Å². The summed E-state index contributed by atoms with van der Waals surface area (Å²) < 4.78 is 30.7. The van der Waals surface area contributed by atoms with Gasteiger partial charge in [-0.1, -0.05) is 12.1 Å². The van der Waals surface area contributed by atoms with E-state index in [0.717, 1.165) is 6.07 Å². The molecule has 152 valence electrons. The van der Waals surface area contributed by atoms with E-state index in [-0.39, 0.29) is 18.0 Å². The lowest BCUT2D eigenvalue weighted by molar-refractivity contribution is -0.142. The Bertz CT molecular complexity index is 929. The van der Waals surface area contributed by atoms with Gasteiger partial charge in [0.15, 0.2) is 6.10 Å². The predicted octanol–water partition coefficient (Wildman–Crippen LogP) is 2.10. The van der Waals surface area contributed by atoms with E-state index in [4.69, 9.17) is 14.2 Å². The van der Waals surface area contributed by atoms with Crippen molar-refractivity contribution in [1.82, 2.24) is 4.90 Å². The standard InChI is InChI=1S/C21H21FN2O5/c1-27-14-6-7-15(16(22)12-14)20(25)24-13-19(21(26)23-8-10-28-11-9-23)29-18-5-3-2-4-17(18)24/h2-7,12,19H,8-11,13H2,1H3. The van der Waals surface area contributed by atoms with Crippen molar-refractivity contribution in [2.24, 2.45) is 0 Å². The van der Waals surface area contributed by atoms with E-state index < -0.39 is 17.8 Å². The van der Waals surface area contributed by atoms with Gasteiger partial charge in [0, 0.05) is 19.2 Å². The summed E-state index contributed by atoms with van der Waals surface area (Å²) in [5.41, 5.74) is 0.402. The summed E-state index contributed by atoms with van der Waals surface area (Å²) in [6.45, 7) is 1.88. The van der Waals surface area contributed by atoms with Crippen LogP contribution in [0.25, 0.3) is 0 Å². The first-order valence-electron chi connectivity index (χ1n) is 9.36. The molecule has 29 heavy (non-hydrogen) atoms. The van der Waals surface area contributed by atoms with Crippen molar-refractivity contribution in [3.8, 4) is 11.5 Å². The molecule has 2 aromatic rings. The molecule has 0 aromatic heterocycles. The Morgan fingerprint density at radius 2 is 1.90 bits per heavy atom. The van der Waals surface area contributed by atoms with Crippen molar-refractivity contribution in [2.45, 2.75) is 6.10 Å². The maximum Gasteiger partial charge on any atom is 0.265 e. The largest absolute Gasteiger partial charge is 0.497 e. The Morgan fingerprint density at radius 3 is 2.62 bits per heavy atom. The van der Waals surface area contributed by atoms with E-state index >= 15 is 0 Å². The number of anilines is 1. The number of amides is 2. The average Bonchev–Trinajstić information content (AvgIpc) is 2.77. The van der Waals surface area contributed by atoms with E-state index in [9.17, 15) is 14.0 Å². The molecule has 0 N–H and O–H groups in total. The minimum atomic E-state index is -0.867. The van der Waals surface area contributed by atoms with Gasteiger partial charge >= 0.3 is 0 Å². The van der Waals surface area contributed by atoms with Crippen molar-refractivity contribution >= 4 is 17.5 Å². The Balaban J connectivity index is 1.64. The summed E-state index contributed by atoms with van der Waals surface area (Å²) in [6, 6.07) is 11.0. The number of rotatable bonds is 3. The second kappa shape index (κ2) is 8.08. The molecular formula is C21H21FN2O5. The molecule has 1 atom stereocenters. The number of morpholine rings is 1. The monoisotopic (exact) mass is 400 g/mol. The second-order valence-electron chi connectivity index (χ2n) is 6.77. The Morgan fingerprint density at radius 1 is 1.14 bits per heavy atom. The average molecular weight is 400 g/mol. The lowest BCUT2D eigenvalue weighted by atomic mass is 10.1. The third-order valence-electron chi connectivity index (χ3n) is 5.02. The molecule has 0 bridgehead atoms. The first-order chi connectivity index (χ1) is 14.1. The highest BCUT2D eigenvalue weighted by Crippen LogP contribution is 2.35. The first-order valence-corrected chi connectivity index (χ1v) is 9.36. The molecule has 8 heteroatoms. The van der Waals surface area contributed by atoms with Crippen molar-refractivity contribution in [3.05, 3.63) is 53.8 Å². The highest BCUT2D eigenvalue weighted by Gasteiger charge is 2.37. The molecule has 4 rings (SSSR count). The number of ether oxygens (including phenoxy) is 3. The van der Waals surface area contributed by atoms with Crippen LogP contribution in [0.3, 0.4) is 0 Å². The molecular weight excluding hydrogens is 379 g/mol. The van der Waals surface area contributed by atoms with E-state index in [0.29, 0.717) is 43.5 Å². The van der Waals surface area contributed by atoms with Crippen molar-refractivity contribution in [3.63, 3.8) is 0 Å². The molecule has 0 radical (unpaired) electrons. The zero-order valence-electron chi connectivity index (χ0n) is 16.0. The lowest BCUT2D eigenvalue weighted by Crippen LogP contribution is -2.54. The van der Waals surface area contributed by atoms with Crippen LogP contribution in [0, 0.1) is 5.82 Å². The maximum atomic E-state index is 14.5. The lowest BCUT2D eigenvalue weighted by Gasteiger charge is -2.37. The molecule has 2 aromatic carbocycles. The van der Waals surface area contributed by atoms with E-state index in [1.807, 2.05) is 0 Å². The van der Waals surface area contributed by atoms with Gasteiger partial charge in [0.25, 0.3) is 11.8 Å². The number of halogens is 1. The molecule has 1 fully saturated rings. The van der Waals surface area contributed by atoms with Crippen LogP contribution in [0.15, 0.2) is 42.5 Å². The van der Waals surface area contributed by atoms with Gasteiger partial charge in [-0.05, 0) is 24.3 Å². The number of benzene rings is 2. The molecule has 0 saturated carbocycles. The third kappa shape index (κ3) is 3.75. The van der Waals surface area contributed by atoms with Crippen LogP contribution in [-0.4, -0.2) is 62.8 Å². The van der Waals surface area contributed by atoms with Crippen LogP contribution >= 0.6 is 0 Å². The minimum absolute atomic E-state index is 0.00247. The fourth-order valence-electron chi connectivity index (χ4n) is 3.48. The second-order valence-corrected chi connectivity index (χ2v) is 6.77.